The van der Waals surface area contributed by atoms with Gasteiger partial charge >= 0.3 is 5.97 Å². The Morgan fingerprint density at radius 2 is 2.18 bits per heavy atom. The van der Waals surface area contributed by atoms with Crippen LogP contribution >= 0.6 is 23.4 Å². The van der Waals surface area contributed by atoms with E-state index < -0.39 is 5.97 Å². The molecule has 1 heterocycles. The maximum atomic E-state index is 11.1. The van der Waals surface area contributed by atoms with Crippen LogP contribution in [0.1, 0.15) is 16.1 Å². The van der Waals surface area contributed by atoms with Crippen LogP contribution in [0.5, 0.6) is 0 Å². The molecule has 0 atom stereocenters. The number of furan rings is 1. The van der Waals surface area contributed by atoms with E-state index in [4.69, 9.17) is 21.1 Å². The number of carboxylic acid groups (broad SMARTS) is 1. The monoisotopic (exact) mass is 268 g/mol. The molecule has 0 aliphatic rings. The fourth-order valence-electron chi connectivity index (χ4n) is 1.38. The molecule has 2 aromatic rings. The van der Waals surface area contributed by atoms with Crippen molar-refractivity contribution in [1.29, 1.82) is 0 Å². The minimum absolute atomic E-state index is 0.144. The van der Waals surface area contributed by atoms with Crippen LogP contribution in [0.4, 0.5) is 0 Å². The van der Waals surface area contributed by atoms with Crippen molar-refractivity contribution >= 4 is 29.3 Å². The first-order chi connectivity index (χ1) is 8.18. The van der Waals surface area contributed by atoms with Gasteiger partial charge in [-0.25, -0.2) is 4.79 Å². The molecule has 0 fully saturated rings. The van der Waals surface area contributed by atoms with Gasteiger partial charge in [0.15, 0.2) is 0 Å². The molecule has 1 aromatic carbocycles. The lowest BCUT2D eigenvalue weighted by atomic mass is 10.2. The number of rotatable bonds is 4. The Morgan fingerprint density at radius 1 is 1.35 bits per heavy atom. The fraction of sp³-hybridized carbons (Fsp3) is 0.0833. The van der Waals surface area contributed by atoms with Crippen LogP contribution in [0, 0.1) is 0 Å². The number of benzene rings is 1. The molecule has 3 nitrogen and oxygen atoms in total. The van der Waals surface area contributed by atoms with Gasteiger partial charge < -0.3 is 9.52 Å². The molecule has 17 heavy (non-hydrogen) atoms. The van der Waals surface area contributed by atoms with Gasteiger partial charge in [-0.15, -0.1) is 11.8 Å². The van der Waals surface area contributed by atoms with Gasteiger partial charge in [0.2, 0.25) is 0 Å². The number of halogens is 1. The third-order valence-electron chi connectivity index (χ3n) is 2.14. The molecule has 2 rings (SSSR count). The van der Waals surface area contributed by atoms with E-state index >= 15 is 0 Å². The first-order valence-corrected chi connectivity index (χ1v) is 6.22. The van der Waals surface area contributed by atoms with Crippen molar-refractivity contribution in [2.45, 2.75) is 10.6 Å². The Balaban J connectivity index is 2.21. The van der Waals surface area contributed by atoms with E-state index in [0.717, 1.165) is 5.76 Å². The average molecular weight is 269 g/mol. The summed E-state index contributed by atoms with van der Waals surface area (Å²) < 4.78 is 5.18. The summed E-state index contributed by atoms with van der Waals surface area (Å²) in [5.74, 6) is 0.358. The highest BCUT2D eigenvalue weighted by atomic mass is 35.5. The summed E-state index contributed by atoms with van der Waals surface area (Å²) in [6.07, 6.45) is 1.59. The van der Waals surface area contributed by atoms with Crippen LogP contribution in [0.3, 0.4) is 0 Å². The molecule has 1 N–H and O–H groups in total. The topological polar surface area (TPSA) is 50.4 Å². The van der Waals surface area contributed by atoms with Crippen molar-refractivity contribution in [2.24, 2.45) is 0 Å². The molecule has 5 heteroatoms. The standard InChI is InChI=1S/C12H9ClO3S/c13-9-4-1-5-10(11(9)12(14)15)17-7-8-3-2-6-16-8/h1-6H,7H2,(H,14,15). The average Bonchev–Trinajstić information content (AvgIpc) is 2.78. The Morgan fingerprint density at radius 3 is 2.82 bits per heavy atom. The van der Waals surface area contributed by atoms with E-state index in [9.17, 15) is 4.79 Å². The third kappa shape index (κ3) is 2.84. The molecule has 0 aliphatic heterocycles. The van der Waals surface area contributed by atoms with Crippen LogP contribution in [0.2, 0.25) is 5.02 Å². The van der Waals surface area contributed by atoms with Crippen LogP contribution in [-0.4, -0.2) is 11.1 Å². The Kier molecular flexibility index (Phi) is 3.76. The summed E-state index contributed by atoms with van der Waals surface area (Å²) in [6, 6.07) is 8.69. The Labute approximate surface area is 107 Å². The number of carbonyl (C=O) groups is 1. The van der Waals surface area contributed by atoms with Gasteiger partial charge in [0.1, 0.15) is 5.76 Å². The summed E-state index contributed by atoms with van der Waals surface area (Å²) in [7, 11) is 0. The number of carboxylic acids is 1. The maximum Gasteiger partial charge on any atom is 0.338 e. The zero-order chi connectivity index (χ0) is 12.3. The minimum atomic E-state index is -1.02. The molecule has 88 valence electrons. The largest absolute Gasteiger partial charge is 0.478 e. The van der Waals surface area contributed by atoms with Crippen molar-refractivity contribution < 1.29 is 14.3 Å². The molecule has 0 aliphatic carbocycles. The zero-order valence-electron chi connectivity index (χ0n) is 8.72. The van der Waals surface area contributed by atoms with Crippen LogP contribution in [0.25, 0.3) is 0 Å². The fourth-order valence-corrected chi connectivity index (χ4v) is 2.67. The van der Waals surface area contributed by atoms with E-state index in [2.05, 4.69) is 0 Å². The van der Waals surface area contributed by atoms with Crippen molar-refractivity contribution in [1.82, 2.24) is 0 Å². The predicted molar refractivity (Wildman–Crippen MR) is 66.7 cm³/mol. The first kappa shape index (κ1) is 12.1. The molecule has 0 radical (unpaired) electrons. The highest BCUT2D eigenvalue weighted by Gasteiger charge is 2.14. The Bertz CT molecular complexity index is 523. The summed E-state index contributed by atoms with van der Waals surface area (Å²) in [5, 5.41) is 9.33. The Hall–Kier alpha value is -1.39. The summed E-state index contributed by atoms with van der Waals surface area (Å²) in [6.45, 7) is 0. The molecule has 0 saturated heterocycles. The number of aromatic carboxylic acids is 1. The highest BCUT2D eigenvalue weighted by Crippen LogP contribution is 2.30. The van der Waals surface area contributed by atoms with Gasteiger partial charge in [-0.1, -0.05) is 17.7 Å². The second-order valence-corrected chi connectivity index (χ2v) is 4.71. The minimum Gasteiger partial charge on any atom is -0.478 e. The van der Waals surface area contributed by atoms with Crippen molar-refractivity contribution in [3.05, 3.63) is 52.9 Å². The molecule has 0 spiro atoms. The number of thioether (sulfide) groups is 1. The zero-order valence-corrected chi connectivity index (χ0v) is 10.3. The number of hydrogen-bond acceptors (Lipinski definition) is 3. The molecule has 0 bridgehead atoms. The quantitative estimate of drug-likeness (QED) is 0.854. The van der Waals surface area contributed by atoms with E-state index in [0.29, 0.717) is 10.6 Å². The maximum absolute atomic E-state index is 11.1. The lowest BCUT2D eigenvalue weighted by molar-refractivity contribution is 0.0693. The van der Waals surface area contributed by atoms with Crippen LogP contribution in [-0.2, 0) is 5.75 Å². The summed E-state index contributed by atoms with van der Waals surface area (Å²) in [4.78, 5) is 11.7. The van der Waals surface area contributed by atoms with Gasteiger partial charge in [-0.3, -0.25) is 0 Å². The number of hydrogen-bond donors (Lipinski definition) is 1. The van der Waals surface area contributed by atoms with Gasteiger partial charge in [-0.05, 0) is 24.3 Å². The van der Waals surface area contributed by atoms with Gasteiger partial charge in [-0.2, -0.15) is 0 Å². The van der Waals surface area contributed by atoms with E-state index in [1.165, 1.54) is 11.8 Å². The smallest absolute Gasteiger partial charge is 0.338 e. The first-order valence-electron chi connectivity index (χ1n) is 4.85. The lowest BCUT2D eigenvalue weighted by Gasteiger charge is -2.06. The normalized spacial score (nSPS) is 10.4. The molecule has 0 unspecified atom stereocenters. The second-order valence-electron chi connectivity index (χ2n) is 3.29. The lowest BCUT2D eigenvalue weighted by Crippen LogP contribution is -2.00. The van der Waals surface area contributed by atoms with Gasteiger partial charge in [0.25, 0.3) is 0 Å². The molecular formula is C12H9ClO3S. The van der Waals surface area contributed by atoms with Crippen molar-refractivity contribution in [3.8, 4) is 0 Å². The molecule has 1 aromatic heterocycles. The van der Waals surface area contributed by atoms with E-state index in [-0.39, 0.29) is 10.6 Å². The molecule has 0 amide bonds. The highest BCUT2D eigenvalue weighted by molar-refractivity contribution is 7.98. The van der Waals surface area contributed by atoms with E-state index in [1.54, 1.807) is 30.5 Å². The summed E-state index contributed by atoms with van der Waals surface area (Å²) in [5.41, 5.74) is 0.144. The van der Waals surface area contributed by atoms with Crippen molar-refractivity contribution in [2.75, 3.05) is 0 Å². The summed E-state index contributed by atoms with van der Waals surface area (Å²) >= 11 is 7.26. The molecule has 0 saturated carbocycles. The molecular weight excluding hydrogens is 260 g/mol. The van der Waals surface area contributed by atoms with Gasteiger partial charge in [0.05, 0.1) is 22.6 Å². The van der Waals surface area contributed by atoms with Gasteiger partial charge in [0, 0.05) is 4.90 Å². The SMILES string of the molecule is O=C(O)c1c(Cl)cccc1SCc1ccco1. The van der Waals surface area contributed by atoms with Crippen molar-refractivity contribution in [3.63, 3.8) is 0 Å². The van der Waals surface area contributed by atoms with Crippen LogP contribution < -0.4 is 0 Å². The van der Waals surface area contributed by atoms with E-state index in [1.807, 2.05) is 6.07 Å². The predicted octanol–water partition coefficient (Wildman–Crippen LogP) is 3.92. The third-order valence-corrected chi connectivity index (χ3v) is 3.53. The second kappa shape index (κ2) is 5.29. The van der Waals surface area contributed by atoms with Crippen LogP contribution in [0.15, 0.2) is 45.9 Å².